The van der Waals surface area contributed by atoms with E-state index >= 15 is 0 Å². The molecule has 31 heavy (non-hydrogen) atoms. The Labute approximate surface area is 184 Å². The van der Waals surface area contributed by atoms with Gasteiger partial charge in [-0.05, 0) is 59.0 Å². The minimum absolute atomic E-state index is 0.0238. The van der Waals surface area contributed by atoms with Gasteiger partial charge in [-0.2, -0.15) is 0 Å². The van der Waals surface area contributed by atoms with Crippen LogP contribution in [-0.2, 0) is 16.4 Å². The number of halogens is 2. The summed E-state index contributed by atoms with van der Waals surface area (Å²) in [6, 6.07) is 18.5. The molecule has 0 aromatic heterocycles. The van der Waals surface area contributed by atoms with Crippen LogP contribution in [0.5, 0.6) is 0 Å². The van der Waals surface area contributed by atoms with Gasteiger partial charge in [-0.1, -0.05) is 54.9 Å². The van der Waals surface area contributed by atoms with Crippen molar-refractivity contribution in [1.82, 2.24) is 0 Å². The maximum Gasteiger partial charge on any atom is 0.261 e. The van der Waals surface area contributed by atoms with Crippen LogP contribution in [0.4, 0.5) is 10.1 Å². The van der Waals surface area contributed by atoms with Crippen molar-refractivity contribution >= 4 is 33.2 Å². The van der Waals surface area contributed by atoms with Crippen LogP contribution in [0.3, 0.4) is 0 Å². The number of benzene rings is 3. The number of hydrogen-bond donors (Lipinski definition) is 1. The number of sulfonamides is 1. The lowest BCUT2D eigenvalue weighted by Gasteiger charge is -2.09. The molecule has 0 bridgehead atoms. The average molecular weight is 461 g/mol. The van der Waals surface area contributed by atoms with Crippen molar-refractivity contribution in [3.63, 3.8) is 0 Å². The van der Waals surface area contributed by atoms with Crippen molar-refractivity contribution in [2.45, 2.75) is 18.2 Å². The summed E-state index contributed by atoms with van der Waals surface area (Å²) in [5, 5.41) is 3.37. The molecule has 0 saturated carbocycles. The van der Waals surface area contributed by atoms with E-state index < -0.39 is 21.7 Å². The summed E-state index contributed by atoms with van der Waals surface area (Å²) in [6.45, 7) is 1.76. The van der Waals surface area contributed by atoms with Gasteiger partial charge in [0.25, 0.3) is 10.0 Å². The average Bonchev–Trinajstić information content (AvgIpc) is 2.75. The van der Waals surface area contributed by atoms with Gasteiger partial charge >= 0.3 is 0 Å². The number of amides is 1. The second-order valence-corrected chi connectivity index (χ2v) is 8.20. The predicted octanol–water partition coefficient (Wildman–Crippen LogP) is 5.98. The van der Waals surface area contributed by atoms with E-state index in [1.54, 1.807) is 55.5 Å². The SMILES string of the molecule is CCc1cc(S(=O)(=O)Nc2cccc(Cl)c2)ccc1F.[N-]=[N+]=NC(=O)c1ccccc1. The monoisotopic (exact) mass is 460 g/mol. The van der Waals surface area contributed by atoms with Crippen LogP contribution in [0.25, 0.3) is 10.4 Å². The Morgan fingerprint density at radius 1 is 1.10 bits per heavy atom. The van der Waals surface area contributed by atoms with Crippen LogP contribution in [0, 0.1) is 5.82 Å². The predicted molar refractivity (Wildman–Crippen MR) is 118 cm³/mol. The lowest BCUT2D eigenvalue weighted by Crippen LogP contribution is -2.13. The highest BCUT2D eigenvalue weighted by Gasteiger charge is 2.16. The second-order valence-electron chi connectivity index (χ2n) is 6.08. The third kappa shape index (κ3) is 7.11. The highest BCUT2D eigenvalue weighted by Crippen LogP contribution is 2.21. The number of aryl methyl sites for hydroxylation is 1. The van der Waals surface area contributed by atoms with E-state index in [1.165, 1.54) is 18.2 Å². The molecular weight excluding hydrogens is 443 g/mol. The maximum atomic E-state index is 13.4. The summed E-state index contributed by atoms with van der Waals surface area (Å²) in [5.41, 5.74) is 9.06. The number of rotatable bonds is 5. The summed E-state index contributed by atoms with van der Waals surface area (Å²) >= 11 is 5.80. The molecule has 3 aromatic rings. The highest BCUT2D eigenvalue weighted by atomic mass is 35.5. The first-order valence-electron chi connectivity index (χ1n) is 8.98. The molecule has 0 aliphatic rings. The van der Waals surface area contributed by atoms with Crippen molar-refractivity contribution in [2.24, 2.45) is 5.11 Å². The van der Waals surface area contributed by atoms with Gasteiger partial charge in [0.15, 0.2) is 0 Å². The zero-order chi connectivity index (χ0) is 22.9. The van der Waals surface area contributed by atoms with Crippen molar-refractivity contribution in [1.29, 1.82) is 0 Å². The van der Waals surface area contributed by atoms with Crippen molar-refractivity contribution in [3.05, 3.63) is 105 Å². The van der Waals surface area contributed by atoms with Gasteiger partial charge in [0.05, 0.1) is 10.6 Å². The van der Waals surface area contributed by atoms with Crippen molar-refractivity contribution in [3.8, 4) is 0 Å². The minimum Gasteiger partial charge on any atom is -0.287 e. The van der Waals surface area contributed by atoms with E-state index in [0.717, 1.165) is 6.07 Å². The number of anilines is 1. The lowest BCUT2D eigenvalue weighted by atomic mass is 10.2. The van der Waals surface area contributed by atoms with Gasteiger partial charge in [-0.3, -0.25) is 9.52 Å². The van der Waals surface area contributed by atoms with Gasteiger partial charge in [-0.25, -0.2) is 12.8 Å². The molecule has 0 spiro atoms. The molecule has 0 saturated heterocycles. The standard InChI is InChI=1S/C14H13ClFNO2S.C7H5N3O/c1-2-10-8-13(6-7-14(10)16)20(18,19)17-12-5-3-4-11(15)9-12;8-10-9-7(11)6-4-2-1-3-5-6/h3-9,17H,2H2,1H3;1-5H. The number of carbonyl (C=O) groups is 1. The Morgan fingerprint density at radius 2 is 1.81 bits per heavy atom. The molecule has 0 fully saturated rings. The quantitative estimate of drug-likeness (QED) is 0.287. The number of carbonyl (C=O) groups excluding carboxylic acids is 1. The van der Waals surface area contributed by atoms with E-state index in [9.17, 15) is 17.6 Å². The van der Waals surface area contributed by atoms with E-state index in [4.69, 9.17) is 17.1 Å². The van der Waals surface area contributed by atoms with Gasteiger partial charge in [0.1, 0.15) is 5.82 Å². The van der Waals surface area contributed by atoms with Gasteiger partial charge < -0.3 is 0 Å². The van der Waals surface area contributed by atoms with E-state index in [0.29, 0.717) is 28.3 Å². The van der Waals surface area contributed by atoms with Crippen molar-refractivity contribution in [2.75, 3.05) is 4.72 Å². The molecule has 3 aromatic carbocycles. The van der Waals surface area contributed by atoms with Gasteiger partial charge in [0, 0.05) is 15.5 Å². The first kappa shape index (κ1) is 23.9. The van der Waals surface area contributed by atoms with E-state index in [2.05, 4.69) is 14.7 Å². The maximum absolute atomic E-state index is 13.4. The topological polar surface area (TPSA) is 112 Å². The normalized spacial score (nSPS) is 10.3. The third-order valence-electron chi connectivity index (χ3n) is 3.94. The molecule has 0 unspecified atom stereocenters. The number of nitrogens with zero attached hydrogens (tertiary/aromatic N) is 3. The summed E-state index contributed by atoms with van der Waals surface area (Å²) in [5.74, 6) is -0.956. The number of hydrogen-bond acceptors (Lipinski definition) is 3. The molecule has 0 radical (unpaired) electrons. The van der Waals surface area contributed by atoms with Crippen LogP contribution in [0.15, 0.2) is 82.8 Å². The Morgan fingerprint density at radius 3 is 2.42 bits per heavy atom. The molecule has 0 heterocycles. The van der Waals surface area contributed by atoms with Crippen LogP contribution in [-0.4, -0.2) is 14.3 Å². The van der Waals surface area contributed by atoms with Crippen LogP contribution in [0.2, 0.25) is 5.02 Å². The molecule has 0 aliphatic heterocycles. The smallest absolute Gasteiger partial charge is 0.261 e. The lowest BCUT2D eigenvalue weighted by molar-refractivity contribution is 0.100. The van der Waals surface area contributed by atoms with E-state index in [1.807, 2.05) is 0 Å². The van der Waals surface area contributed by atoms with Crippen LogP contribution >= 0.6 is 11.6 Å². The molecule has 0 atom stereocenters. The van der Waals surface area contributed by atoms with Crippen LogP contribution in [0.1, 0.15) is 22.8 Å². The molecular formula is C21H18ClFN4O3S. The first-order valence-corrected chi connectivity index (χ1v) is 10.8. The Kier molecular flexibility index (Phi) is 8.57. The van der Waals surface area contributed by atoms with Crippen molar-refractivity contribution < 1.29 is 17.6 Å². The number of azide groups is 1. The molecule has 1 amide bonds. The third-order valence-corrected chi connectivity index (χ3v) is 5.56. The van der Waals surface area contributed by atoms with Crippen LogP contribution < -0.4 is 4.72 Å². The zero-order valence-electron chi connectivity index (χ0n) is 16.4. The summed E-state index contributed by atoms with van der Waals surface area (Å²) in [6.07, 6.45) is 0.423. The summed E-state index contributed by atoms with van der Waals surface area (Å²) in [7, 11) is -3.75. The van der Waals surface area contributed by atoms with E-state index in [-0.39, 0.29) is 4.90 Å². The Balaban J connectivity index is 0.000000262. The molecule has 160 valence electrons. The van der Waals surface area contributed by atoms with Gasteiger partial charge in [0.2, 0.25) is 5.91 Å². The molecule has 3 rings (SSSR count). The fourth-order valence-electron chi connectivity index (χ4n) is 2.43. The molecule has 1 N–H and O–H groups in total. The minimum atomic E-state index is -3.75. The fourth-order valence-corrected chi connectivity index (χ4v) is 3.72. The second kappa shape index (κ2) is 11.1. The molecule has 0 aliphatic carbocycles. The summed E-state index contributed by atoms with van der Waals surface area (Å²) in [4.78, 5) is 13.2. The Hall–Kier alpha value is -3.39. The summed E-state index contributed by atoms with van der Waals surface area (Å²) < 4.78 is 40.2. The first-order chi connectivity index (χ1) is 14.8. The number of nitrogens with one attached hydrogen (secondary N) is 1. The highest BCUT2D eigenvalue weighted by molar-refractivity contribution is 7.92. The largest absolute Gasteiger partial charge is 0.287 e. The zero-order valence-corrected chi connectivity index (χ0v) is 17.9. The fraction of sp³-hybridized carbons (Fsp3) is 0.0952. The van der Waals surface area contributed by atoms with Gasteiger partial charge in [-0.15, -0.1) is 0 Å². The molecule has 7 nitrogen and oxygen atoms in total. The Bertz CT molecular complexity index is 1210. The molecule has 10 heteroatoms.